The Morgan fingerprint density at radius 2 is 2.16 bits per heavy atom. The maximum atomic E-state index is 11.5. The van der Waals surface area contributed by atoms with Crippen molar-refractivity contribution in [3.63, 3.8) is 0 Å². The Hall–Kier alpha value is -0.810. The number of ether oxygens (including phenoxy) is 1. The van der Waals surface area contributed by atoms with E-state index in [2.05, 4.69) is 22.5 Å². The van der Waals surface area contributed by atoms with Gasteiger partial charge in [0.05, 0.1) is 6.17 Å². The Kier molecular flexibility index (Phi) is 6.58. The highest BCUT2D eigenvalue weighted by Gasteiger charge is 2.20. The molecule has 0 radical (unpaired) electrons. The maximum Gasteiger partial charge on any atom is 0.407 e. The van der Waals surface area contributed by atoms with Gasteiger partial charge in [-0.2, -0.15) is 0 Å². The van der Waals surface area contributed by atoms with Gasteiger partial charge in [-0.3, -0.25) is 4.90 Å². The van der Waals surface area contributed by atoms with Gasteiger partial charge in [-0.05, 0) is 53.1 Å². The molecule has 1 atom stereocenters. The summed E-state index contributed by atoms with van der Waals surface area (Å²) >= 11 is 0. The number of nitrogens with zero attached hydrogens (tertiary/aromatic N) is 1. The zero-order valence-corrected chi connectivity index (χ0v) is 12.8. The molecular weight excluding hydrogens is 242 g/mol. The van der Waals surface area contributed by atoms with Crippen LogP contribution in [0.3, 0.4) is 0 Å². The molecule has 0 aromatic rings. The van der Waals surface area contributed by atoms with Gasteiger partial charge in [0.1, 0.15) is 5.60 Å². The highest BCUT2D eigenvalue weighted by atomic mass is 16.6. The first-order valence-corrected chi connectivity index (χ1v) is 7.36. The third-order valence-electron chi connectivity index (χ3n) is 3.20. The lowest BCUT2D eigenvalue weighted by Gasteiger charge is -2.34. The molecule has 1 saturated heterocycles. The number of rotatable bonds is 5. The van der Waals surface area contributed by atoms with Crippen molar-refractivity contribution in [2.45, 2.75) is 58.7 Å². The summed E-state index contributed by atoms with van der Waals surface area (Å²) in [5, 5.41) is 6.34. The van der Waals surface area contributed by atoms with Crippen LogP contribution in [0.2, 0.25) is 0 Å². The van der Waals surface area contributed by atoms with Gasteiger partial charge in [0, 0.05) is 13.1 Å². The summed E-state index contributed by atoms with van der Waals surface area (Å²) in [6.07, 6.45) is 3.87. The molecule has 5 nitrogen and oxygen atoms in total. The van der Waals surface area contributed by atoms with Crippen molar-refractivity contribution in [1.29, 1.82) is 0 Å². The highest BCUT2D eigenvalue weighted by molar-refractivity contribution is 5.67. The molecular formula is C14H29N3O2. The molecule has 0 saturated carbocycles. The molecule has 19 heavy (non-hydrogen) atoms. The molecule has 1 unspecified atom stereocenters. The molecule has 1 amide bonds. The molecule has 0 aromatic carbocycles. The van der Waals surface area contributed by atoms with Gasteiger partial charge in [-0.15, -0.1) is 0 Å². The van der Waals surface area contributed by atoms with Crippen LogP contribution in [0, 0.1) is 0 Å². The average Bonchev–Trinajstić information content (AvgIpc) is 2.33. The van der Waals surface area contributed by atoms with Crippen LogP contribution in [0.25, 0.3) is 0 Å². The number of amides is 1. The second-order valence-corrected chi connectivity index (χ2v) is 6.02. The number of likely N-dealkylation sites (N-methyl/N-ethyl adjacent to an activating group) is 1. The fourth-order valence-electron chi connectivity index (χ4n) is 2.30. The van der Waals surface area contributed by atoms with E-state index >= 15 is 0 Å². The van der Waals surface area contributed by atoms with Crippen molar-refractivity contribution in [2.24, 2.45) is 0 Å². The van der Waals surface area contributed by atoms with Crippen LogP contribution in [0.5, 0.6) is 0 Å². The average molecular weight is 271 g/mol. The fraction of sp³-hybridized carbons (Fsp3) is 0.929. The molecule has 1 fully saturated rings. The van der Waals surface area contributed by atoms with Gasteiger partial charge < -0.3 is 15.4 Å². The zero-order valence-electron chi connectivity index (χ0n) is 12.8. The van der Waals surface area contributed by atoms with E-state index in [-0.39, 0.29) is 6.09 Å². The third kappa shape index (κ3) is 6.78. The number of piperidine rings is 1. The molecule has 0 bridgehead atoms. The van der Waals surface area contributed by atoms with E-state index in [4.69, 9.17) is 4.74 Å². The van der Waals surface area contributed by atoms with Crippen LogP contribution in [0.4, 0.5) is 4.79 Å². The summed E-state index contributed by atoms with van der Waals surface area (Å²) in [5.41, 5.74) is -0.431. The number of nitrogens with one attached hydrogen (secondary N) is 2. The summed E-state index contributed by atoms with van der Waals surface area (Å²) in [4.78, 5) is 13.9. The number of carbonyl (C=O) groups excluding carboxylic acids is 1. The van der Waals surface area contributed by atoms with Crippen LogP contribution in [-0.4, -0.2) is 48.9 Å². The van der Waals surface area contributed by atoms with Crippen LogP contribution < -0.4 is 10.6 Å². The van der Waals surface area contributed by atoms with Gasteiger partial charge in [-0.25, -0.2) is 4.79 Å². The van der Waals surface area contributed by atoms with Crippen molar-refractivity contribution in [3.8, 4) is 0 Å². The summed E-state index contributed by atoms with van der Waals surface area (Å²) in [7, 11) is 0. The lowest BCUT2D eigenvalue weighted by atomic mass is 10.1. The SMILES string of the molecule is CCN(CCNC(=O)OC(C)(C)C)C1CCCCN1. The summed E-state index contributed by atoms with van der Waals surface area (Å²) in [5.74, 6) is 0. The Labute approximate surface area is 117 Å². The minimum absolute atomic E-state index is 0.333. The zero-order chi connectivity index (χ0) is 14.3. The second kappa shape index (κ2) is 7.70. The molecule has 1 heterocycles. The number of alkyl carbamates (subject to hydrolysis) is 1. The number of hydrogen-bond acceptors (Lipinski definition) is 4. The van der Waals surface area contributed by atoms with Crippen LogP contribution >= 0.6 is 0 Å². The van der Waals surface area contributed by atoms with Gasteiger partial charge in [0.15, 0.2) is 0 Å². The van der Waals surface area contributed by atoms with Crippen molar-refractivity contribution >= 4 is 6.09 Å². The quantitative estimate of drug-likeness (QED) is 0.802. The van der Waals surface area contributed by atoms with E-state index in [0.717, 1.165) is 19.6 Å². The Bertz CT molecular complexity index is 270. The number of hydrogen-bond donors (Lipinski definition) is 2. The topological polar surface area (TPSA) is 53.6 Å². The molecule has 0 aliphatic carbocycles. The van der Waals surface area contributed by atoms with Gasteiger partial charge in [0.25, 0.3) is 0 Å². The van der Waals surface area contributed by atoms with E-state index in [1.54, 1.807) is 0 Å². The molecule has 5 heteroatoms. The van der Waals surface area contributed by atoms with Gasteiger partial charge in [0.2, 0.25) is 0 Å². The Morgan fingerprint density at radius 1 is 1.42 bits per heavy atom. The lowest BCUT2D eigenvalue weighted by Crippen LogP contribution is -2.50. The summed E-state index contributed by atoms with van der Waals surface area (Å²) in [6, 6.07) is 0. The predicted octanol–water partition coefficient (Wildman–Crippen LogP) is 1.93. The molecule has 0 spiro atoms. The first-order valence-electron chi connectivity index (χ1n) is 7.36. The van der Waals surface area contributed by atoms with Crippen molar-refractivity contribution in [1.82, 2.24) is 15.5 Å². The van der Waals surface area contributed by atoms with Crippen LogP contribution in [0.1, 0.15) is 47.0 Å². The van der Waals surface area contributed by atoms with Crippen LogP contribution in [-0.2, 0) is 4.74 Å². The summed E-state index contributed by atoms with van der Waals surface area (Å²) in [6.45, 7) is 11.3. The second-order valence-electron chi connectivity index (χ2n) is 6.02. The minimum atomic E-state index is -0.431. The molecule has 1 aliphatic rings. The van der Waals surface area contributed by atoms with E-state index in [1.807, 2.05) is 20.8 Å². The third-order valence-corrected chi connectivity index (χ3v) is 3.20. The smallest absolute Gasteiger partial charge is 0.407 e. The molecule has 112 valence electrons. The molecule has 2 N–H and O–H groups in total. The van der Waals surface area contributed by atoms with Gasteiger partial charge in [-0.1, -0.05) is 6.92 Å². The largest absolute Gasteiger partial charge is 0.444 e. The minimum Gasteiger partial charge on any atom is -0.444 e. The normalized spacial score (nSPS) is 20.4. The fourth-order valence-corrected chi connectivity index (χ4v) is 2.30. The van der Waals surface area contributed by atoms with Crippen molar-refractivity contribution in [3.05, 3.63) is 0 Å². The molecule has 1 rings (SSSR count). The molecule has 1 aliphatic heterocycles. The lowest BCUT2D eigenvalue weighted by molar-refractivity contribution is 0.0514. The first kappa shape index (κ1) is 16.2. The number of carbonyl (C=O) groups is 1. The summed E-state index contributed by atoms with van der Waals surface area (Å²) < 4.78 is 5.21. The predicted molar refractivity (Wildman–Crippen MR) is 77.1 cm³/mol. The highest BCUT2D eigenvalue weighted by Crippen LogP contribution is 2.11. The molecule has 0 aromatic heterocycles. The van der Waals surface area contributed by atoms with Crippen LogP contribution in [0.15, 0.2) is 0 Å². The standard InChI is InChI=1S/C14H29N3O2/c1-5-17(12-8-6-7-9-15-12)11-10-16-13(18)19-14(2,3)4/h12,15H,5-11H2,1-4H3,(H,16,18). The van der Waals surface area contributed by atoms with E-state index in [1.165, 1.54) is 19.3 Å². The van der Waals surface area contributed by atoms with E-state index in [0.29, 0.717) is 12.7 Å². The van der Waals surface area contributed by atoms with E-state index in [9.17, 15) is 4.79 Å². The van der Waals surface area contributed by atoms with Crippen molar-refractivity contribution in [2.75, 3.05) is 26.2 Å². The van der Waals surface area contributed by atoms with Gasteiger partial charge >= 0.3 is 6.09 Å². The maximum absolute atomic E-state index is 11.5. The Morgan fingerprint density at radius 3 is 2.68 bits per heavy atom. The monoisotopic (exact) mass is 271 g/mol. The van der Waals surface area contributed by atoms with Crippen molar-refractivity contribution < 1.29 is 9.53 Å². The first-order chi connectivity index (χ1) is 8.92. The Balaban J connectivity index is 2.23. The van der Waals surface area contributed by atoms with E-state index < -0.39 is 5.60 Å².